The fraction of sp³-hybridized carbons (Fsp3) is 0.387. The van der Waals surface area contributed by atoms with Gasteiger partial charge in [-0.1, -0.05) is 37.3 Å². The van der Waals surface area contributed by atoms with Crippen molar-refractivity contribution >= 4 is 15.8 Å². The normalized spacial score (nSPS) is 17.1. The van der Waals surface area contributed by atoms with E-state index in [1.807, 2.05) is 18.2 Å². The summed E-state index contributed by atoms with van der Waals surface area (Å²) in [6, 6.07) is 16.3. The van der Waals surface area contributed by atoms with Crippen LogP contribution in [0.4, 0.5) is 8.78 Å². The summed E-state index contributed by atoms with van der Waals surface area (Å²) >= 11 is 0. The Morgan fingerprint density at radius 3 is 2.49 bits per heavy atom. The van der Waals surface area contributed by atoms with E-state index in [1.54, 1.807) is 0 Å². The van der Waals surface area contributed by atoms with E-state index >= 15 is 0 Å². The molecule has 220 valence electrons. The number of ether oxygens (including phenoxy) is 1. The zero-order chi connectivity index (χ0) is 29.4. The van der Waals surface area contributed by atoms with E-state index in [1.165, 1.54) is 42.0 Å². The van der Waals surface area contributed by atoms with Crippen LogP contribution in [0.5, 0.6) is 0 Å². The Morgan fingerprint density at radius 1 is 1.05 bits per heavy atom. The summed E-state index contributed by atoms with van der Waals surface area (Å²) in [5, 5.41) is 5.82. The smallest absolute Gasteiger partial charge is 0.338 e. The number of nitrogens with two attached hydrogens (primary N) is 1. The lowest BCUT2D eigenvalue weighted by Crippen LogP contribution is -2.46. The zero-order valence-electron chi connectivity index (χ0n) is 23.1. The van der Waals surface area contributed by atoms with E-state index in [-0.39, 0.29) is 23.4 Å². The molecular formula is C31H37F2N3O4S. The molecule has 41 heavy (non-hydrogen) atoms. The number of hydrogen-bond acceptors (Lipinski definition) is 7. The second-order valence-corrected chi connectivity index (χ2v) is 12.7. The number of carbonyl (C=O) groups is 1. The molecule has 0 radical (unpaired) electrons. The Balaban J connectivity index is 1.50. The number of piperidine rings is 1. The number of aryl methyl sites for hydroxylation is 1. The highest BCUT2D eigenvalue weighted by Crippen LogP contribution is 2.23. The quantitative estimate of drug-likeness (QED) is 0.276. The minimum atomic E-state index is -3.64. The van der Waals surface area contributed by atoms with Crippen LogP contribution >= 0.6 is 0 Å². The van der Waals surface area contributed by atoms with Crippen LogP contribution in [0.15, 0.2) is 71.6 Å². The maximum absolute atomic E-state index is 13.8. The SMILES string of the molecule is CCc1cccc(CNCC(OC(=O)c2cccc(S(=O)(=O)C3CCCNC3)c2)C(N)Cc2cc(F)cc(F)c2)c1. The minimum Gasteiger partial charge on any atom is -0.456 e. The van der Waals surface area contributed by atoms with E-state index in [9.17, 15) is 22.0 Å². The molecule has 1 aliphatic heterocycles. The van der Waals surface area contributed by atoms with E-state index < -0.39 is 44.8 Å². The van der Waals surface area contributed by atoms with Crippen LogP contribution in [0.1, 0.15) is 46.8 Å². The Labute approximate surface area is 240 Å². The van der Waals surface area contributed by atoms with Gasteiger partial charge in [0.1, 0.15) is 17.7 Å². The third kappa shape index (κ3) is 8.42. The van der Waals surface area contributed by atoms with Crippen LogP contribution in [0.2, 0.25) is 0 Å². The standard InChI is InChI=1S/C31H37F2N3O4S/c1-2-21-6-3-7-22(12-21)18-36-20-30(29(34)15-23-13-25(32)17-26(33)14-23)40-31(37)24-8-4-9-27(16-24)41(38,39)28-10-5-11-35-19-28/h3-4,6-9,12-14,16-17,28-30,35-36H,2,5,10-11,15,18-20,34H2,1H3. The molecule has 3 aromatic carbocycles. The first-order valence-corrected chi connectivity index (χ1v) is 15.4. The molecule has 1 saturated heterocycles. The molecule has 10 heteroatoms. The van der Waals surface area contributed by atoms with Gasteiger partial charge in [0.2, 0.25) is 0 Å². The highest BCUT2D eigenvalue weighted by molar-refractivity contribution is 7.92. The largest absolute Gasteiger partial charge is 0.456 e. The van der Waals surface area contributed by atoms with Crippen molar-refractivity contribution in [1.82, 2.24) is 10.6 Å². The van der Waals surface area contributed by atoms with Crippen molar-refractivity contribution in [2.75, 3.05) is 19.6 Å². The topological polar surface area (TPSA) is 111 Å². The van der Waals surface area contributed by atoms with Gasteiger partial charge in [-0.2, -0.15) is 0 Å². The molecule has 4 N–H and O–H groups in total. The number of benzene rings is 3. The molecule has 1 fully saturated rings. The van der Waals surface area contributed by atoms with Gasteiger partial charge in [-0.3, -0.25) is 0 Å². The third-order valence-electron chi connectivity index (χ3n) is 7.29. The van der Waals surface area contributed by atoms with Crippen molar-refractivity contribution < 1.29 is 26.7 Å². The molecule has 4 rings (SSSR count). The molecular weight excluding hydrogens is 548 g/mol. The maximum atomic E-state index is 13.8. The second kappa shape index (κ2) is 14.1. The van der Waals surface area contributed by atoms with Crippen LogP contribution in [0, 0.1) is 11.6 Å². The third-order valence-corrected chi connectivity index (χ3v) is 9.48. The first-order chi connectivity index (χ1) is 19.7. The summed E-state index contributed by atoms with van der Waals surface area (Å²) in [5.41, 5.74) is 9.09. The van der Waals surface area contributed by atoms with Gasteiger partial charge in [-0.15, -0.1) is 0 Å². The Bertz CT molecular complexity index is 1420. The molecule has 1 aliphatic rings. The Kier molecular flexibility index (Phi) is 10.6. The molecule has 0 bridgehead atoms. The molecule has 7 nitrogen and oxygen atoms in total. The summed E-state index contributed by atoms with van der Waals surface area (Å²) in [4.78, 5) is 13.3. The van der Waals surface area contributed by atoms with Crippen molar-refractivity contribution in [3.8, 4) is 0 Å². The van der Waals surface area contributed by atoms with Crippen LogP contribution in [-0.4, -0.2) is 51.4 Å². The minimum absolute atomic E-state index is 0.0583. The number of sulfone groups is 1. The van der Waals surface area contributed by atoms with Gasteiger partial charge >= 0.3 is 5.97 Å². The van der Waals surface area contributed by atoms with Gasteiger partial charge in [-0.25, -0.2) is 22.0 Å². The molecule has 3 aromatic rings. The van der Waals surface area contributed by atoms with Gasteiger partial charge in [0, 0.05) is 31.7 Å². The van der Waals surface area contributed by atoms with Crippen LogP contribution in [-0.2, 0) is 34.0 Å². The first-order valence-electron chi connectivity index (χ1n) is 13.9. The highest BCUT2D eigenvalue weighted by Gasteiger charge is 2.30. The van der Waals surface area contributed by atoms with E-state index in [0.717, 1.165) is 31.0 Å². The molecule has 3 unspecified atom stereocenters. The summed E-state index contributed by atoms with van der Waals surface area (Å²) in [6.45, 7) is 3.88. The van der Waals surface area contributed by atoms with Gasteiger partial charge in [-0.05, 0) is 79.3 Å². The molecule has 0 saturated carbocycles. The van der Waals surface area contributed by atoms with Crippen molar-refractivity contribution in [3.05, 3.63) is 101 Å². The molecule has 0 aliphatic carbocycles. The molecule has 3 atom stereocenters. The summed E-state index contributed by atoms with van der Waals surface area (Å²) in [6.07, 6.45) is 1.40. The van der Waals surface area contributed by atoms with Crippen molar-refractivity contribution in [3.63, 3.8) is 0 Å². The summed E-state index contributed by atoms with van der Waals surface area (Å²) in [5.74, 6) is -2.17. The first kappa shape index (κ1) is 30.8. The monoisotopic (exact) mass is 585 g/mol. The number of halogens is 2. The number of nitrogens with one attached hydrogen (secondary N) is 2. The fourth-order valence-electron chi connectivity index (χ4n) is 5.01. The fourth-order valence-corrected chi connectivity index (χ4v) is 6.77. The molecule has 0 amide bonds. The zero-order valence-corrected chi connectivity index (χ0v) is 23.9. The number of rotatable bonds is 12. The van der Waals surface area contributed by atoms with E-state index in [2.05, 4.69) is 23.6 Å². The summed E-state index contributed by atoms with van der Waals surface area (Å²) < 4.78 is 59.8. The lowest BCUT2D eigenvalue weighted by molar-refractivity contribution is 0.0238. The van der Waals surface area contributed by atoms with Gasteiger partial charge in [0.05, 0.1) is 15.7 Å². The number of hydrogen-bond donors (Lipinski definition) is 3. The lowest BCUT2D eigenvalue weighted by Gasteiger charge is -2.25. The Morgan fingerprint density at radius 2 is 1.78 bits per heavy atom. The molecule has 1 heterocycles. The Hall–Kier alpha value is -3.18. The highest BCUT2D eigenvalue weighted by atomic mass is 32.2. The molecule has 0 spiro atoms. The van der Waals surface area contributed by atoms with E-state index in [4.69, 9.17) is 10.5 Å². The van der Waals surface area contributed by atoms with Crippen LogP contribution < -0.4 is 16.4 Å². The van der Waals surface area contributed by atoms with Crippen molar-refractivity contribution in [2.24, 2.45) is 5.73 Å². The molecule has 0 aromatic heterocycles. The predicted molar refractivity (Wildman–Crippen MR) is 154 cm³/mol. The number of carbonyl (C=O) groups excluding carboxylic acids is 1. The maximum Gasteiger partial charge on any atom is 0.338 e. The van der Waals surface area contributed by atoms with Gasteiger partial charge < -0.3 is 21.1 Å². The van der Waals surface area contributed by atoms with Crippen molar-refractivity contribution in [2.45, 2.75) is 61.4 Å². The van der Waals surface area contributed by atoms with E-state index in [0.29, 0.717) is 25.1 Å². The average Bonchev–Trinajstić information content (AvgIpc) is 2.96. The lowest BCUT2D eigenvalue weighted by atomic mass is 10.0. The van der Waals surface area contributed by atoms with Gasteiger partial charge in [0.25, 0.3) is 0 Å². The average molecular weight is 586 g/mol. The summed E-state index contributed by atoms with van der Waals surface area (Å²) in [7, 11) is -3.64. The van der Waals surface area contributed by atoms with Gasteiger partial charge in [0.15, 0.2) is 9.84 Å². The number of esters is 1. The van der Waals surface area contributed by atoms with Crippen LogP contribution in [0.3, 0.4) is 0 Å². The second-order valence-electron chi connectivity index (χ2n) is 10.4. The van der Waals surface area contributed by atoms with Crippen molar-refractivity contribution in [1.29, 1.82) is 0 Å². The van der Waals surface area contributed by atoms with Crippen LogP contribution in [0.25, 0.3) is 0 Å². The predicted octanol–water partition coefficient (Wildman–Crippen LogP) is 3.94.